The molecule has 1 N–H and O–H groups in total. The third-order valence-electron chi connectivity index (χ3n) is 4.34. The van der Waals surface area contributed by atoms with Crippen LogP contribution in [0, 0.1) is 5.82 Å². The fourth-order valence-electron chi connectivity index (χ4n) is 2.80. The maximum atomic E-state index is 13.0. The number of halogens is 4. The Balaban J connectivity index is 1.57. The molecule has 0 unspecified atom stereocenters. The van der Waals surface area contributed by atoms with Crippen LogP contribution in [-0.2, 0) is 22.3 Å². The number of hydrogen-bond acceptors (Lipinski definition) is 5. The Morgan fingerprint density at radius 2 is 1.78 bits per heavy atom. The monoisotopic (exact) mass is 469 g/mol. The van der Waals surface area contributed by atoms with Crippen LogP contribution in [0.15, 0.2) is 52.3 Å². The molecule has 0 radical (unpaired) electrons. The number of pyridine rings is 1. The Morgan fingerprint density at radius 3 is 2.44 bits per heavy atom. The van der Waals surface area contributed by atoms with Gasteiger partial charge in [0.1, 0.15) is 17.9 Å². The van der Waals surface area contributed by atoms with Gasteiger partial charge in [0.25, 0.3) is 16.7 Å². The van der Waals surface area contributed by atoms with Gasteiger partial charge in [-0.25, -0.2) is 4.39 Å². The lowest BCUT2D eigenvalue weighted by Gasteiger charge is -2.14. The van der Waals surface area contributed by atoms with Gasteiger partial charge in [0.05, 0.1) is 4.91 Å². The topological polar surface area (TPSA) is 88.5 Å². The summed E-state index contributed by atoms with van der Waals surface area (Å²) in [5.74, 6) is -1.80. The van der Waals surface area contributed by atoms with Gasteiger partial charge in [0.2, 0.25) is 5.91 Å². The lowest BCUT2D eigenvalue weighted by Crippen LogP contribution is -2.39. The van der Waals surface area contributed by atoms with Crippen LogP contribution in [0.5, 0.6) is 0 Å². The third-order valence-corrected chi connectivity index (χ3v) is 5.25. The number of carbonyl (C=O) groups excluding carboxylic acids is 3. The molecule has 32 heavy (non-hydrogen) atoms. The highest BCUT2D eigenvalue weighted by molar-refractivity contribution is 8.18. The second kappa shape index (κ2) is 9.39. The number of nitrogens with one attached hydrogen (secondary N) is 1. The lowest BCUT2D eigenvalue weighted by atomic mass is 10.2. The summed E-state index contributed by atoms with van der Waals surface area (Å²) in [6.45, 7) is -0.988. The molecule has 1 saturated heterocycles. The molecule has 2 heterocycles. The molecule has 2 aromatic rings. The number of amides is 3. The molecule has 7 nitrogen and oxygen atoms in total. The molecule has 1 aliphatic rings. The van der Waals surface area contributed by atoms with E-state index in [2.05, 4.69) is 5.32 Å². The van der Waals surface area contributed by atoms with E-state index in [1.807, 2.05) is 0 Å². The van der Waals surface area contributed by atoms with Gasteiger partial charge in [-0.1, -0.05) is 12.1 Å². The van der Waals surface area contributed by atoms with E-state index >= 15 is 0 Å². The smallest absolute Gasteiger partial charge is 0.353 e. The normalized spacial score (nSPS) is 15.5. The highest BCUT2D eigenvalue weighted by Gasteiger charge is 2.35. The number of aromatic nitrogens is 1. The highest BCUT2D eigenvalue weighted by Crippen LogP contribution is 2.32. The molecular weight excluding hydrogens is 454 g/mol. The maximum Gasteiger partial charge on any atom is 0.421 e. The first kappa shape index (κ1) is 23.3. The number of nitrogens with zero attached hydrogens (tertiary/aromatic N) is 2. The van der Waals surface area contributed by atoms with Crippen LogP contribution in [0.4, 0.5) is 22.4 Å². The van der Waals surface area contributed by atoms with E-state index in [4.69, 9.17) is 0 Å². The molecule has 1 aromatic carbocycles. The van der Waals surface area contributed by atoms with Crippen LogP contribution < -0.4 is 10.9 Å². The van der Waals surface area contributed by atoms with E-state index < -0.39 is 46.7 Å². The van der Waals surface area contributed by atoms with E-state index in [0.717, 1.165) is 17.2 Å². The summed E-state index contributed by atoms with van der Waals surface area (Å²) in [5.41, 5.74) is -2.22. The molecule has 0 atom stereocenters. The summed E-state index contributed by atoms with van der Waals surface area (Å²) in [6.07, 6.45) is -2.36. The molecule has 1 aliphatic heterocycles. The van der Waals surface area contributed by atoms with Crippen molar-refractivity contribution in [2.45, 2.75) is 12.7 Å². The van der Waals surface area contributed by atoms with Gasteiger partial charge in [0.15, 0.2) is 0 Å². The number of carbonyl (C=O) groups is 3. The summed E-state index contributed by atoms with van der Waals surface area (Å²) in [6, 6.07) is 6.93. The summed E-state index contributed by atoms with van der Waals surface area (Å²) in [5, 5.41) is 1.80. The van der Waals surface area contributed by atoms with Crippen molar-refractivity contribution in [3.05, 3.63) is 74.8 Å². The van der Waals surface area contributed by atoms with Gasteiger partial charge in [-0.3, -0.25) is 24.1 Å². The van der Waals surface area contributed by atoms with E-state index in [9.17, 15) is 36.7 Å². The molecule has 168 valence electrons. The number of hydrogen-bond donors (Lipinski definition) is 1. The van der Waals surface area contributed by atoms with Crippen molar-refractivity contribution in [3.8, 4) is 0 Å². The first-order valence-electron chi connectivity index (χ1n) is 9.10. The van der Waals surface area contributed by atoms with Gasteiger partial charge in [-0.2, -0.15) is 13.2 Å². The zero-order valence-corrected chi connectivity index (χ0v) is 17.0. The van der Waals surface area contributed by atoms with Crippen LogP contribution in [-0.4, -0.2) is 39.6 Å². The standard InChI is InChI=1S/C20H15F4N3O4S/c21-13-5-3-12(4-6-13)10-15-18(30)27(19(31)32-15)9-7-25-16(28)11-26-8-1-2-14(17(26)29)20(22,23)24/h1-6,8,10H,7,9,11H2,(H,25,28)/b15-10-. The van der Waals surface area contributed by atoms with Crippen LogP contribution in [0.25, 0.3) is 6.08 Å². The lowest BCUT2D eigenvalue weighted by molar-refractivity contribution is -0.139. The Hall–Kier alpha value is -3.41. The predicted octanol–water partition coefficient (Wildman–Crippen LogP) is 2.86. The summed E-state index contributed by atoms with van der Waals surface area (Å²) in [4.78, 5) is 49.4. The maximum absolute atomic E-state index is 13.0. The summed E-state index contributed by atoms with van der Waals surface area (Å²) < 4.78 is 52.0. The second-order valence-electron chi connectivity index (χ2n) is 6.59. The van der Waals surface area contributed by atoms with Crippen molar-refractivity contribution < 1.29 is 31.9 Å². The van der Waals surface area contributed by atoms with Crippen molar-refractivity contribution in [1.29, 1.82) is 0 Å². The van der Waals surface area contributed by atoms with Crippen molar-refractivity contribution in [1.82, 2.24) is 14.8 Å². The van der Waals surface area contributed by atoms with Crippen LogP contribution in [0.3, 0.4) is 0 Å². The molecule has 12 heteroatoms. The fraction of sp³-hybridized carbons (Fsp3) is 0.200. The van der Waals surface area contributed by atoms with Crippen LogP contribution in [0.1, 0.15) is 11.1 Å². The summed E-state index contributed by atoms with van der Waals surface area (Å²) in [7, 11) is 0. The Labute approximate surface area is 182 Å². The Kier molecular flexibility index (Phi) is 6.82. The van der Waals surface area contributed by atoms with Gasteiger partial charge in [-0.15, -0.1) is 0 Å². The number of rotatable bonds is 6. The van der Waals surface area contributed by atoms with Crippen molar-refractivity contribution in [2.24, 2.45) is 0 Å². The quantitative estimate of drug-likeness (QED) is 0.519. The SMILES string of the molecule is O=C(Cn1cccc(C(F)(F)F)c1=O)NCCN1C(=O)S/C(=C\c2ccc(F)cc2)C1=O. The Morgan fingerprint density at radius 1 is 1.09 bits per heavy atom. The molecule has 0 aliphatic carbocycles. The van der Waals surface area contributed by atoms with E-state index in [0.29, 0.717) is 28.0 Å². The molecule has 1 fully saturated rings. The van der Waals surface area contributed by atoms with E-state index in [1.165, 1.54) is 30.3 Å². The minimum absolute atomic E-state index is 0.128. The van der Waals surface area contributed by atoms with Crippen LogP contribution in [0.2, 0.25) is 0 Å². The molecule has 0 spiro atoms. The van der Waals surface area contributed by atoms with Crippen LogP contribution >= 0.6 is 11.8 Å². The number of benzene rings is 1. The van der Waals surface area contributed by atoms with Gasteiger partial charge in [-0.05, 0) is 47.7 Å². The second-order valence-corrected chi connectivity index (χ2v) is 7.58. The van der Waals surface area contributed by atoms with E-state index in [1.54, 1.807) is 0 Å². The van der Waals surface area contributed by atoms with E-state index in [-0.39, 0.29) is 18.0 Å². The van der Waals surface area contributed by atoms with Crippen molar-refractivity contribution >= 4 is 34.9 Å². The minimum atomic E-state index is -4.84. The first-order chi connectivity index (χ1) is 15.1. The number of imide groups is 1. The molecular formula is C20H15F4N3O4S. The Bertz CT molecular complexity index is 1140. The largest absolute Gasteiger partial charge is 0.421 e. The first-order valence-corrected chi connectivity index (χ1v) is 9.92. The highest BCUT2D eigenvalue weighted by atomic mass is 32.2. The minimum Gasteiger partial charge on any atom is -0.353 e. The molecule has 3 rings (SSSR count). The molecule has 3 amide bonds. The fourth-order valence-corrected chi connectivity index (χ4v) is 3.66. The van der Waals surface area contributed by atoms with Gasteiger partial charge in [0, 0.05) is 19.3 Å². The van der Waals surface area contributed by atoms with Gasteiger partial charge >= 0.3 is 6.18 Å². The molecule has 0 saturated carbocycles. The summed E-state index contributed by atoms with van der Waals surface area (Å²) >= 11 is 0.688. The van der Waals surface area contributed by atoms with Crippen molar-refractivity contribution in [3.63, 3.8) is 0 Å². The van der Waals surface area contributed by atoms with Crippen molar-refractivity contribution in [2.75, 3.05) is 13.1 Å². The third kappa shape index (κ3) is 5.44. The number of alkyl halides is 3. The number of thioether (sulfide) groups is 1. The zero-order chi connectivity index (χ0) is 23.5. The molecule has 1 aromatic heterocycles. The molecule has 0 bridgehead atoms. The average Bonchev–Trinajstić information content (AvgIpc) is 2.97. The van der Waals surface area contributed by atoms with Gasteiger partial charge < -0.3 is 9.88 Å². The zero-order valence-electron chi connectivity index (χ0n) is 16.2. The predicted molar refractivity (Wildman–Crippen MR) is 108 cm³/mol. The average molecular weight is 469 g/mol.